The van der Waals surface area contributed by atoms with Crippen LogP contribution in [0.15, 0.2) is 18.2 Å². The number of ether oxygens (including phenoxy) is 1. The molecule has 0 unspecified atom stereocenters. The summed E-state index contributed by atoms with van der Waals surface area (Å²) in [7, 11) is 1.59. The number of halogens is 1. The van der Waals surface area contributed by atoms with Gasteiger partial charge in [0, 0.05) is 10.4 Å². The highest BCUT2D eigenvalue weighted by Crippen LogP contribution is 2.33. The predicted molar refractivity (Wildman–Crippen MR) is 68.3 cm³/mol. The topological polar surface area (TPSA) is 48.1 Å². The van der Waals surface area contributed by atoms with E-state index in [1.54, 1.807) is 18.4 Å². The molecule has 0 amide bonds. The normalized spacial score (nSPS) is 10.4. The second-order valence-electron chi connectivity index (χ2n) is 3.31. The molecule has 0 fully saturated rings. The smallest absolute Gasteiger partial charge is 0.138 e. The predicted octanol–water partition coefficient (Wildman–Crippen LogP) is 3.36. The van der Waals surface area contributed by atoms with Crippen LogP contribution in [0.4, 0.5) is 5.82 Å². The van der Waals surface area contributed by atoms with Crippen molar-refractivity contribution in [3.05, 3.63) is 28.1 Å². The van der Waals surface area contributed by atoms with Gasteiger partial charge in [-0.2, -0.15) is 0 Å². The molecule has 2 rings (SSSR count). The van der Waals surface area contributed by atoms with Crippen molar-refractivity contribution in [1.82, 2.24) is 4.98 Å². The number of nitrogen functional groups attached to an aromatic ring is 1. The van der Waals surface area contributed by atoms with Gasteiger partial charge in [0.2, 0.25) is 0 Å². The highest BCUT2D eigenvalue weighted by Gasteiger charge is 2.09. The molecule has 2 aromatic rings. The molecule has 0 aliphatic carbocycles. The summed E-state index contributed by atoms with van der Waals surface area (Å²) in [5.41, 5.74) is 6.67. The zero-order valence-electron chi connectivity index (χ0n) is 8.95. The quantitative estimate of drug-likeness (QED) is 0.894. The summed E-state index contributed by atoms with van der Waals surface area (Å²) in [6.07, 6.45) is 0. The first-order valence-electron chi connectivity index (χ1n) is 4.68. The lowest BCUT2D eigenvalue weighted by atomic mass is 10.2. The van der Waals surface area contributed by atoms with Crippen LogP contribution in [-0.4, -0.2) is 12.1 Å². The first-order chi connectivity index (χ1) is 7.61. The second kappa shape index (κ2) is 4.31. The lowest BCUT2D eigenvalue weighted by molar-refractivity contribution is 0.415. The van der Waals surface area contributed by atoms with E-state index in [1.807, 2.05) is 25.1 Å². The summed E-state index contributed by atoms with van der Waals surface area (Å²) in [6, 6.07) is 5.57. The van der Waals surface area contributed by atoms with E-state index in [1.165, 1.54) is 0 Å². The number of anilines is 1. The van der Waals surface area contributed by atoms with Gasteiger partial charge in [0.1, 0.15) is 16.6 Å². The summed E-state index contributed by atoms with van der Waals surface area (Å²) < 4.78 is 5.09. The number of hydrogen-bond acceptors (Lipinski definition) is 4. The zero-order chi connectivity index (χ0) is 11.7. The maximum atomic E-state index is 6.05. The lowest BCUT2D eigenvalue weighted by Gasteiger charge is -2.03. The molecule has 84 valence electrons. The molecule has 0 saturated heterocycles. The Kier molecular flexibility index (Phi) is 3.03. The monoisotopic (exact) mass is 254 g/mol. The summed E-state index contributed by atoms with van der Waals surface area (Å²) >= 11 is 7.60. The maximum absolute atomic E-state index is 6.05. The molecule has 0 saturated carbocycles. The summed E-state index contributed by atoms with van der Waals surface area (Å²) in [6.45, 7) is 1.95. The third-order valence-electron chi connectivity index (χ3n) is 2.23. The molecule has 1 heterocycles. The number of nitrogens with zero attached hydrogens (tertiary/aromatic N) is 1. The van der Waals surface area contributed by atoms with Crippen LogP contribution in [0.2, 0.25) is 5.02 Å². The summed E-state index contributed by atoms with van der Waals surface area (Å²) in [5, 5.41) is 1.45. The highest BCUT2D eigenvalue weighted by atomic mass is 35.5. The van der Waals surface area contributed by atoms with E-state index in [4.69, 9.17) is 22.1 Å². The van der Waals surface area contributed by atoms with Crippen LogP contribution in [0.3, 0.4) is 0 Å². The highest BCUT2D eigenvalue weighted by molar-refractivity contribution is 7.15. The lowest BCUT2D eigenvalue weighted by Crippen LogP contribution is -1.87. The van der Waals surface area contributed by atoms with Crippen molar-refractivity contribution in [1.29, 1.82) is 0 Å². The number of aryl methyl sites for hydroxylation is 1. The zero-order valence-corrected chi connectivity index (χ0v) is 10.5. The molecule has 2 N–H and O–H groups in total. The molecular weight excluding hydrogens is 244 g/mol. The van der Waals surface area contributed by atoms with Crippen molar-refractivity contribution >= 4 is 28.8 Å². The van der Waals surface area contributed by atoms with Gasteiger partial charge in [-0.3, -0.25) is 0 Å². The fraction of sp³-hybridized carbons (Fsp3) is 0.182. The van der Waals surface area contributed by atoms with Gasteiger partial charge in [-0.25, -0.2) is 4.98 Å². The van der Waals surface area contributed by atoms with Gasteiger partial charge in [0.25, 0.3) is 0 Å². The van der Waals surface area contributed by atoms with E-state index in [9.17, 15) is 0 Å². The first kappa shape index (κ1) is 11.2. The Bertz CT molecular complexity index is 505. The van der Waals surface area contributed by atoms with E-state index in [0.29, 0.717) is 16.6 Å². The Balaban J connectivity index is 2.45. The largest absolute Gasteiger partial charge is 0.495 e. The van der Waals surface area contributed by atoms with Crippen molar-refractivity contribution in [2.45, 2.75) is 6.92 Å². The average Bonchev–Trinajstić information content (AvgIpc) is 2.59. The summed E-state index contributed by atoms with van der Waals surface area (Å²) in [4.78, 5) is 5.29. The van der Waals surface area contributed by atoms with Crippen molar-refractivity contribution in [3.8, 4) is 16.3 Å². The van der Waals surface area contributed by atoms with Crippen LogP contribution in [-0.2, 0) is 0 Å². The van der Waals surface area contributed by atoms with Gasteiger partial charge in [0.05, 0.1) is 12.1 Å². The van der Waals surface area contributed by atoms with Gasteiger partial charge in [-0.05, 0) is 25.1 Å². The Morgan fingerprint density at radius 3 is 2.69 bits per heavy atom. The minimum absolute atomic E-state index is 0.575. The van der Waals surface area contributed by atoms with Crippen molar-refractivity contribution in [2.24, 2.45) is 0 Å². The van der Waals surface area contributed by atoms with Crippen LogP contribution < -0.4 is 10.5 Å². The van der Waals surface area contributed by atoms with Crippen LogP contribution in [0, 0.1) is 6.92 Å². The Morgan fingerprint density at radius 2 is 2.19 bits per heavy atom. The van der Waals surface area contributed by atoms with Gasteiger partial charge >= 0.3 is 0 Å². The van der Waals surface area contributed by atoms with Crippen molar-refractivity contribution in [2.75, 3.05) is 12.8 Å². The van der Waals surface area contributed by atoms with E-state index in [0.717, 1.165) is 15.4 Å². The number of methoxy groups -OCH3 is 1. The molecule has 1 aromatic carbocycles. The number of thiazole rings is 1. The summed E-state index contributed by atoms with van der Waals surface area (Å²) in [5.74, 6) is 1.23. The van der Waals surface area contributed by atoms with Gasteiger partial charge in [0.15, 0.2) is 0 Å². The minimum atomic E-state index is 0.575. The van der Waals surface area contributed by atoms with Gasteiger partial charge in [-0.15, -0.1) is 11.3 Å². The molecule has 0 bridgehead atoms. The SMILES string of the molecule is COc1ccc(-c2nc(N)c(C)s2)cc1Cl. The average molecular weight is 255 g/mol. The molecule has 16 heavy (non-hydrogen) atoms. The van der Waals surface area contributed by atoms with Crippen LogP contribution in [0.25, 0.3) is 10.6 Å². The molecule has 3 nitrogen and oxygen atoms in total. The molecule has 0 atom stereocenters. The Labute approximate surface area is 103 Å². The molecular formula is C11H11ClN2OS. The van der Waals surface area contributed by atoms with Gasteiger partial charge < -0.3 is 10.5 Å². The number of nitrogens with two attached hydrogens (primary N) is 1. The third-order valence-corrected chi connectivity index (χ3v) is 3.56. The van der Waals surface area contributed by atoms with Crippen molar-refractivity contribution in [3.63, 3.8) is 0 Å². The molecule has 0 aliphatic heterocycles. The molecule has 0 spiro atoms. The third kappa shape index (κ3) is 1.99. The fourth-order valence-corrected chi connectivity index (χ4v) is 2.42. The van der Waals surface area contributed by atoms with E-state index in [2.05, 4.69) is 4.98 Å². The standard InChI is InChI=1S/C11H11ClN2OS/c1-6-10(13)14-11(16-6)7-3-4-9(15-2)8(12)5-7/h3-5H,13H2,1-2H3. The molecule has 0 aliphatic rings. The van der Waals surface area contributed by atoms with Gasteiger partial charge in [-0.1, -0.05) is 11.6 Å². The number of rotatable bonds is 2. The van der Waals surface area contributed by atoms with Crippen LogP contribution in [0.5, 0.6) is 5.75 Å². The van der Waals surface area contributed by atoms with Crippen LogP contribution in [0.1, 0.15) is 4.88 Å². The molecule has 0 radical (unpaired) electrons. The van der Waals surface area contributed by atoms with E-state index in [-0.39, 0.29) is 0 Å². The van der Waals surface area contributed by atoms with Crippen LogP contribution >= 0.6 is 22.9 Å². The van der Waals surface area contributed by atoms with E-state index >= 15 is 0 Å². The first-order valence-corrected chi connectivity index (χ1v) is 5.88. The molecule has 5 heteroatoms. The minimum Gasteiger partial charge on any atom is -0.495 e. The number of benzene rings is 1. The maximum Gasteiger partial charge on any atom is 0.138 e. The van der Waals surface area contributed by atoms with E-state index < -0.39 is 0 Å². The number of hydrogen-bond donors (Lipinski definition) is 1. The number of aromatic nitrogens is 1. The molecule has 1 aromatic heterocycles. The Hall–Kier alpha value is -1.26. The second-order valence-corrected chi connectivity index (χ2v) is 4.92. The van der Waals surface area contributed by atoms with Crippen molar-refractivity contribution < 1.29 is 4.74 Å². The Morgan fingerprint density at radius 1 is 1.44 bits per heavy atom. The fourth-order valence-electron chi connectivity index (χ4n) is 1.33.